The van der Waals surface area contributed by atoms with Gasteiger partial charge in [-0.1, -0.05) is 13.8 Å². The monoisotopic (exact) mass is 270 g/mol. The third-order valence-electron chi connectivity index (χ3n) is 3.46. The number of nitrogens with two attached hydrogens (primary N) is 1. The van der Waals surface area contributed by atoms with E-state index in [0.717, 1.165) is 19.6 Å². The van der Waals surface area contributed by atoms with Gasteiger partial charge in [-0.05, 0) is 42.3 Å². The van der Waals surface area contributed by atoms with Gasteiger partial charge in [0.25, 0.3) is 0 Å². The number of likely N-dealkylation sites (N-methyl/N-ethyl adjacent to an activating group) is 1. The Kier molecular flexibility index (Phi) is 6.86. The lowest BCUT2D eigenvalue weighted by molar-refractivity contribution is 0.0630. The molecule has 1 aromatic heterocycles. The molecule has 3 nitrogen and oxygen atoms in total. The van der Waals surface area contributed by atoms with E-state index in [0.29, 0.717) is 6.04 Å². The van der Waals surface area contributed by atoms with Gasteiger partial charge in [0.15, 0.2) is 0 Å². The highest BCUT2D eigenvalue weighted by Crippen LogP contribution is 2.28. The van der Waals surface area contributed by atoms with Crippen LogP contribution in [0, 0.1) is 0 Å². The summed E-state index contributed by atoms with van der Waals surface area (Å²) in [6.45, 7) is 8.27. The Morgan fingerprint density at radius 3 is 2.61 bits per heavy atom. The van der Waals surface area contributed by atoms with Crippen molar-refractivity contribution >= 4 is 11.3 Å². The van der Waals surface area contributed by atoms with E-state index in [4.69, 9.17) is 10.5 Å². The molecule has 0 spiro atoms. The molecule has 1 heterocycles. The van der Waals surface area contributed by atoms with Gasteiger partial charge in [0.2, 0.25) is 0 Å². The highest BCUT2D eigenvalue weighted by Gasteiger charge is 2.28. The van der Waals surface area contributed by atoms with Crippen LogP contribution in [0.4, 0.5) is 0 Å². The number of hydrogen-bond donors (Lipinski definition) is 1. The molecule has 0 aliphatic carbocycles. The minimum Gasteiger partial charge on any atom is -0.383 e. The maximum atomic E-state index is 6.34. The smallest absolute Gasteiger partial charge is 0.0615 e. The quantitative estimate of drug-likeness (QED) is 0.789. The van der Waals surface area contributed by atoms with E-state index in [1.54, 1.807) is 18.4 Å². The molecule has 0 saturated heterocycles. The van der Waals surface area contributed by atoms with Crippen LogP contribution in [0.25, 0.3) is 0 Å². The molecule has 1 rings (SSSR count). The molecule has 3 unspecified atom stereocenters. The predicted molar refractivity (Wildman–Crippen MR) is 79.0 cm³/mol. The van der Waals surface area contributed by atoms with Crippen LogP contribution >= 0.6 is 11.3 Å². The molecule has 1 aromatic rings. The Morgan fingerprint density at radius 1 is 1.44 bits per heavy atom. The first kappa shape index (κ1) is 15.6. The number of rotatable bonds is 8. The van der Waals surface area contributed by atoms with Crippen molar-refractivity contribution in [1.29, 1.82) is 0 Å². The largest absolute Gasteiger partial charge is 0.383 e. The average Bonchev–Trinajstić information content (AvgIpc) is 2.88. The topological polar surface area (TPSA) is 38.5 Å². The Hall–Kier alpha value is -0.420. The molecule has 2 N–H and O–H groups in total. The Labute approximate surface area is 115 Å². The maximum Gasteiger partial charge on any atom is 0.0615 e. The summed E-state index contributed by atoms with van der Waals surface area (Å²) in [7, 11) is 1.75. The fraction of sp³-hybridized carbons (Fsp3) is 0.714. The summed E-state index contributed by atoms with van der Waals surface area (Å²) in [6, 6.07) is 3.02. The van der Waals surface area contributed by atoms with Crippen molar-refractivity contribution in [3.8, 4) is 0 Å². The van der Waals surface area contributed by atoms with Crippen molar-refractivity contribution in [2.45, 2.75) is 45.3 Å². The molecule has 3 atom stereocenters. The van der Waals surface area contributed by atoms with E-state index in [9.17, 15) is 0 Å². The Morgan fingerprint density at radius 2 is 2.17 bits per heavy atom. The zero-order valence-corrected chi connectivity index (χ0v) is 12.7. The SMILES string of the molecule is CCC(N)C(c1ccsc1)N(CC)C(C)COC. The zero-order chi connectivity index (χ0) is 13.5. The molecule has 0 radical (unpaired) electrons. The summed E-state index contributed by atoms with van der Waals surface area (Å²) >= 11 is 1.74. The summed E-state index contributed by atoms with van der Waals surface area (Å²) in [5, 5.41) is 4.34. The molecule has 0 fully saturated rings. The first-order chi connectivity index (χ1) is 8.65. The lowest BCUT2D eigenvalue weighted by atomic mass is 9.97. The van der Waals surface area contributed by atoms with Gasteiger partial charge >= 0.3 is 0 Å². The zero-order valence-electron chi connectivity index (χ0n) is 11.9. The average molecular weight is 270 g/mol. The van der Waals surface area contributed by atoms with Crippen molar-refractivity contribution in [3.05, 3.63) is 22.4 Å². The summed E-state index contributed by atoms with van der Waals surface area (Å²) in [6.07, 6.45) is 0.983. The molecule has 0 amide bonds. The van der Waals surface area contributed by atoms with E-state index in [-0.39, 0.29) is 12.1 Å². The van der Waals surface area contributed by atoms with E-state index in [2.05, 4.69) is 42.5 Å². The molecule has 0 aromatic carbocycles. The lowest BCUT2D eigenvalue weighted by Gasteiger charge is -2.38. The van der Waals surface area contributed by atoms with Gasteiger partial charge in [-0.25, -0.2) is 0 Å². The second kappa shape index (κ2) is 7.89. The molecule has 18 heavy (non-hydrogen) atoms. The number of thiophene rings is 1. The standard InChI is InChI=1S/C14H26N2OS/c1-5-13(15)14(12-7-8-18-10-12)16(6-2)11(3)9-17-4/h7-8,10-11,13-14H,5-6,9,15H2,1-4H3. The molecule has 0 bridgehead atoms. The summed E-state index contributed by atoms with van der Waals surface area (Å²) in [4.78, 5) is 2.44. The van der Waals surface area contributed by atoms with Crippen LogP contribution < -0.4 is 5.73 Å². The highest BCUT2D eigenvalue weighted by atomic mass is 32.1. The molecule has 0 aliphatic rings. The fourth-order valence-electron chi connectivity index (χ4n) is 2.47. The highest BCUT2D eigenvalue weighted by molar-refractivity contribution is 7.07. The van der Waals surface area contributed by atoms with Gasteiger partial charge in [0.05, 0.1) is 12.6 Å². The van der Waals surface area contributed by atoms with Gasteiger partial charge in [-0.15, -0.1) is 0 Å². The third kappa shape index (κ3) is 3.79. The minimum atomic E-state index is 0.166. The fourth-order valence-corrected chi connectivity index (χ4v) is 3.16. The molecular formula is C14H26N2OS. The normalized spacial score (nSPS) is 16.8. The Balaban J connectivity index is 2.93. The summed E-state index contributed by atoms with van der Waals surface area (Å²) < 4.78 is 5.29. The van der Waals surface area contributed by atoms with E-state index >= 15 is 0 Å². The minimum absolute atomic E-state index is 0.166. The molecule has 4 heteroatoms. The van der Waals surface area contributed by atoms with E-state index in [1.807, 2.05) is 0 Å². The van der Waals surface area contributed by atoms with Gasteiger partial charge in [-0.3, -0.25) is 4.90 Å². The lowest BCUT2D eigenvalue weighted by Crippen LogP contribution is -2.46. The van der Waals surface area contributed by atoms with Crippen LogP contribution in [-0.2, 0) is 4.74 Å². The second-order valence-corrected chi connectivity index (χ2v) is 5.49. The second-order valence-electron chi connectivity index (χ2n) is 4.71. The van der Waals surface area contributed by atoms with Gasteiger partial charge in [0, 0.05) is 19.2 Å². The number of methoxy groups -OCH3 is 1. The maximum absolute atomic E-state index is 6.34. The first-order valence-electron chi connectivity index (χ1n) is 6.68. The van der Waals surface area contributed by atoms with Crippen LogP contribution in [0.2, 0.25) is 0 Å². The van der Waals surface area contributed by atoms with Crippen LogP contribution in [0.1, 0.15) is 38.8 Å². The van der Waals surface area contributed by atoms with Crippen LogP contribution in [0.15, 0.2) is 16.8 Å². The molecule has 0 aliphatic heterocycles. The Bertz CT molecular complexity index is 316. The molecule has 104 valence electrons. The summed E-state index contributed by atoms with van der Waals surface area (Å²) in [5.41, 5.74) is 7.67. The van der Waals surface area contributed by atoms with Crippen LogP contribution in [-0.4, -0.2) is 37.2 Å². The van der Waals surface area contributed by atoms with Gasteiger partial charge in [0.1, 0.15) is 0 Å². The van der Waals surface area contributed by atoms with Crippen molar-refractivity contribution in [3.63, 3.8) is 0 Å². The van der Waals surface area contributed by atoms with Crippen LogP contribution in [0.5, 0.6) is 0 Å². The molecular weight excluding hydrogens is 244 g/mol. The predicted octanol–water partition coefficient (Wildman–Crippen LogP) is 2.88. The van der Waals surface area contributed by atoms with E-state index < -0.39 is 0 Å². The van der Waals surface area contributed by atoms with Crippen molar-refractivity contribution in [2.75, 3.05) is 20.3 Å². The van der Waals surface area contributed by atoms with Gasteiger partial charge < -0.3 is 10.5 Å². The summed E-state index contributed by atoms with van der Waals surface area (Å²) in [5.74, 6) is 0. The van der Waals surface area contributed by atoms with Gasteiger partial charge in [-0.2, -0.15) is 11.3 Å². The number of nitrogens with zero attached hydrogens (tertiary/aromatic N) is 1. The van der Waals surface area contributed by atoms with Crippen molar-refractivity contribution in [1.82, 2.24) is 4.90 Å². The number of ether oxygens (including phenoxy) is 1. The van der Waals surface area contributed by atoms with Crippen molar-refractivity contribution < 1.29 is 4.74 Å². The van der Waals surface area contributed by atoms with E-state index in [1.165, 1.54) is 5.56 Å². The first-order valence-corrected chi connectivity index (χ1v) is 7.62. The molecule has 0 saturated carbocycles. The number of hydrogen-bond acceptors (Lipinski definition) is 4. The van der Waals surface area contributed by atoms with Crippen LogP contribution in [0.3, 0.4) is 0 Å². The van der Waals surface area contributed by atoms with Crippen molar-refractivity contribution in [2.24, 2.45) is 5.73 Å². The third-order valence-corrected chi connectivity index (χ3v) is 4.16.